The van der Waals surface area contributed by atoms with Crippen LogP contribution >= 0.6 is 0 Å². The van der Waals surface area contributed by atoms with Crippen molar-refractivity contribution in [1.29, 1.82) is 0 Å². The molecule has 4 heterocycles. The van der Waals surface area contributed by atoms with Gasteiger partial charge in [-0.1, -0.05) is 0 Å². The largest absolute Gasteiger partial charge is 0.472 e. The Labute approximate surface area is 131 Å². The van der Waals surface area contributed by atoms with Gasteiger partial charge in [0.25, 0.3) is 0 Å². The van der Waals surface area contributed by atoms with Crippen molar-refractivity contribution in [3.63, 3.8) is 0 Å². The van der Waals surface area contributed by atoms with Crippen molar-refractivity contribution in [2.45, 2.75) is 24.9 Å². The lowest BCUT2D eigenvalue weighted by Gasteiger charge is -2.14. The summed E-state index contributed by atoms with van der Waals surface area (Å²) in [6, 6.07) is 1.83. The Kier molecular flexibility index (Phi) is 3.29. The van der Waals surface area contributed by atoms with Crippen molar-refractivity contribution >= 4 is 16.9 Å². The molecule has 8 nitrogen and oxygen atoms in total. The highest BCUT2D eigenvalue weighted by Gasteiger charge is 2.35. The molecule has 0 aliphatic carbocycles. The van der Waals surface area contributed by atoms with Crippen molar-refractivity contribution in [2.75, 3.05) is 12.3 Å². The molecule has 0 amide bonds. The number of anilines is 1. The fourth-order valence-corrected chi connectivity index (χ4v) is 3.01. The Bertz CT molecular complexity index is 829. The number of nitrogen functional groups attached to an aromatic ring is 1. The summed E-state index contributed by atoms with van der Waals surface area (Å²) in [7, 11) is 0. The van der Waals surface area contributed by atoms with Crippen LogP contribution in [-0.4, -0.2) is 43.6 Å². The van der Waals surface area contributed by atoms with Crippen molar-refractivity contribution in [3.8, 4) is 11.1 Å². The van der Waals surface area contributed by atoms with E-state index in [-0.39, 0.29) is 6.61 Å². The molecule has 4 N–H and O–H groups in total. The topological polar surface area (TPSA) is 120 Å². The molecule has 0 unspecified atom stereocenters. The average Bonchev–Trinajstić information content (AvgIpc) is 3.24. The molecule has 23 heavy (non-hydrogen) atoms. The molecular formula is C15H16N4O4. The molecule has 0 saturated carbocycles. The molecule has 3 aromatic rings. The van der Waals surface area contributed by atoms with Gasteiger partial charge >= 0.3 is 0 Å². The van der Waals surface area contributed by atoms with E-state index in [9.17, 15) is 10.2 Å². The van der Waals surface area contributed by atoms with E-state index < -0.39 is 18.4 Å². The molecule has 3 aromatic heterocycles. The smallest absolute Gasteiger partial charge is 0.148 e. The third kappa shape index (κ3) is 2.19. The van der Waals surface area contributed by atoms with Gasteiger partial charge in [-0.3, -0.25) is 0 Å². The number of aliphatic hydroxyl groups is 2. The predicted octanol–water partition coefficient (Wildman–Crippen LogP) is 0.914. The van der Waals surface area contributed by atoms with Gasteiger partial charge in [-0.05, 0) is 6.07 Å². The van der Waals surface area contributed by atoms with E-state index in [0.717, 1.165) is 11.1 Å². The van der Waals surface area contributed by atoms with Crippen LogP contribution in [0.25, 0.3) is 22.2 Å². The van der Waals surface area contributed by atoms with Gasteiger partial charge in [0, 0.05) is 23.7 Å². The molecule has 1 saturated heterocycles. The molecule has 1 fully saturated rings. The highest BCUT2D eigenvalue weighted by molar-refractivity contribution is 6.00. The van der Waals surface area contributed by atoms with Gasteiger partial charge in [0.05, 0.1) is 30.6 Å². The summed E-state index contributed by atoms with van der Waals surface area (Å²) in [5, 5.41) is 19.9. The highest BCUT2D eigenvalue weighted by atomic mass is 16.5. The first-order valence-electron chi connectivity index (χ1n) is 7.27. The quantitative estimate of drug-likeness (QED) is 0.657. The summed E-state index contributed by atoms with van der Waals surface area (Å²) < 4.78 is 12.7. The normalized spacial score (nSPS) is 24.5. The van der Waals surface area contributed by atoms with Crippen molar-refractivity contribution < 1.29 is 19.4 Å². The number of nitrogens with two attached hydrogens (primary N) is 1. The molecule has 1 aliphatic rings. The van der Waals surface area contributed by atoms with Gasteiger partial charge in [0.2, 0.25) is 0 Å². The number of hydrogen-bond donors (Lipinski definition) is 3. The SMILES string of the molecule is Nc1ncnc2c1c(-c1ccoc1)cn2[C@H]1C[C@H](O)[C@@H](CO)O1. The zero-order chi connectivity index (χ0) is 16.0. The minimum Gasteiger partial charge on any atom is -0.472 e. The standard InChI is InChI=1S/C15H16N4O4/c16-14-13-9(8-1-2-22-6-8)4-19(15(13)18-7-17-14)12-3-10(21)11(5-20)23-12/h1-2,4,6-7,10-12,20-21H,3,5H2,(H2,16,17,18)/t10-,11+,12+/m0/s1. The molecule has 0 spiro atoms. The van der Waals surface area contributed by atoms with Crippen LogP contribution in [0.2, 0.25) is 0 Å². The maximum absolute atomic E-state index is 9.97. The lowest BCUT2D eigenvalue weighted by molar-refractivity contribution is -0.0430. The highest BCUT2D eigenvalue weighted by Crippen LogP contribution is 2.38. The minimum absolute atomic E-state index is 0.234. The number of ether oxygens (including phenoxy) is 1. The molecule has 1 aliphatic heterocycles. The molecule has 0 aromatic carbocycles. The van der Waals surface area contributed by atoms with Gasteiger partial charge in [0.15, 0.2) is 0 Å². The third-order valence-electron chi connectivity index (χ3n) is 4.17. The van der Waals surface area contributed by atoms with E-state index in [0.29, 0.717) is 23.3 Å². The van der Waals surface area contributed by atoms with E-state index in [1.807, 2.05) is 16.8 Å². The minimum atomic E-state index is -0.723. The summed E-state index contributed by atoms with van der Waals surface area (Å²) >= 11 is 0. The second-order valence-corrected chi connectivity index (χ2v) is 5.53. The summed E-state index contributed by atoms with van der Waals surface area (Å²) in [4.78, 5) is 8.37. The van der Waals surface area contributed by atoms with Crippen LogP contribution in [0.3, 0.4) is 0 Å². The first-order chi connectivity index (χ1) is 11.2. The molecule has 8 heteroatoms. The van der Waals surface area contributed by atoms with E-state index in [1.54, 1.807) is 12.5 Å². The van der Waals surface area contributed by atoms with Gasteiger partial charge in [0.1, 0.15) is 30.1 Å². The number of rotatable bonds is 3. The molecule has 4 rings (SSSR count). The van der Waals surface area contributed by atoms with Crippen LogP contribution in [0.1, 0.15) is 12.6 Å². The zero-order valence-electron chi connectivity index (χ0n) is 12.2. The number of fused-ring (bicyclic) bond motifs is 1. The van der Waals surface area contributed by atoms with E-state index in [2.05, 4.69) is 9.97 Å². The van der Waals surface area contributed by atoms with Crippen molar-refractivity contribution in [2.24, 2.45) is 0 Å². The Hall–Kier alpha value is -2.42. The Morgan fingerprint density at radius 1 is 1.39 bits per heavy atom. The first kappa shape index (κ1) is 14.2. The molecule has 3 atom stereocenters. The maximum atomic E-state index is 9.97. The number of aromatic nitrogens is 3. The maximum Gasteiger partial charge on any atom is 0.148 e. The first-order valence-corrected chi connectivity index (χ1v) is 7.27. The number of aliphatic hydroxyl groups excluding tert-OH is 2. The average molecular weight is 316 g/mol. The van der Waals surface area contributed by atoms with E-state index >= 15 is 0 Å². The lowest BCUT2D eigenvalue weighted by atomic mass is 10.1. The lowest BCUT2D eigenvalue weighted by Crippen LogP contribution is -2.24. The van der Waals surface area contributed by atoms with Crippen LogP contribution in [0.4, 0.5) is 5.82 Å². The summed E-state index contributed by atoms with van der Waals surface area (Å²) in [6.07, 6.45) is 5.05. The fraction of sp³-hybridized carbons (Fsp3) is 0.333. The second-order valence-electron chi connectivity index (χ2n) is 5.53. The Morgan fingerprint density at radius 2 is 2.26 bits per heavy atom. The molecule has 0 radical (unpaired) electrons. The second kappa shape index (κ2) is 5.34. The van der Waals surface area contributed by atoms with Gasteiger partial charge in [-0.25, -0.2) is 9.97 Å². The number of nitrogens with zero attached hydrogens (tertiary/aromatic N) is 3. The molecule has 120 valence electrons. The van der Waals surface area contributed by atoms with Crippen LogP contribution in [0.5, 0.6) is 0 Å². The van der Waals surface area contributed by atoms with Crippen LogP contribution in [0, 0.1) is 0 Å². The van der Waals surface area contributed by atoms with Gasteiger partial charge in [-0.2, -0.15) is 0 Å². The third-order valence-corrected chi connectivity index (χ3v) is 4.17. The van der Waals surface area contributed by atoms with Crippen molar-refractivity contribution in [3.05, 3.63) is 31.1 Å². The zero-order valence-corrected chi connectivity index (χ0v) is 12.2. The monoisotopic (exact) mass is 316 g/mol. The van der Waals surface area contributed by atoms with Gasteiger partial charge < -0.3 is 29.7 Å². The van der Waals surface area contributed by atoms with Crippen LogP contribution < -0.4 is 5.73 Å². The van der Waals surface area contributed by atoms with Crippen LogP contribution in [-0.2, 0) is 4.74 Å². The number of furan rings is 1. The summed E-state index contributed by atoms with van der Waals surface area (Å²) in [5.41, 5.74) is 8.33. The Balaban J connectivity index is 1.87. The Morgan fingerprint density at radius 3 is 2.96 bits per heavy atom. The summed E-state index contributed by atoms with van der Waals surface area (Å²) in [6.45, 7) is -0.234. The summed E-state index contributed by atoms with van der Waals surface area (Å²) in [5.74, 6) is 0.363. The van der Waals surface area contributed by atoms with Crippen LogP contribution in [0.15, 0.2) is 35.5 Å². The number of hydrogen-bond acceptors (Lipinski definition) is 7. The van der Waals surface area contributed by atoms with Crippen molar-refractivity contribution in [1.82, 2.24) is 14.5 Å². The predicted molar refractivity (Wildman–Crippen MR) is 81.3 cm³/mol. The molecular weight excluding hydrogens is 300 g/mol. The molecule has 0 bridgehead atoms. The fourth-order valence-electron chi connectivity index (χ4n) is 3.01. The van der Waals surface area contributed by atoms with E-state index in [1.165, 1.54) is 6.33 Å². The van der Waals surface area contributed by atoms with Gasteiger partial charge in [-0.15, -0.1) is 0 Å². The van der Waals surface area contributed by atoms with E-state index in [4.69, 9.17) is 14.9 Å².